The summed E-state index contributed by atoms with van der Waals surface area (Å²) in [5.74, 6) is -1.96. The van der Waals surface area contributed by atoms with Crippen molar-refractivity contribution in [3.8, 4) is 0 Å². The number of halogens is 4. The first-order valence-corrected chi connectivity index (χ1v) is 9.63. The molecule has 166 valence electrons. The topological polar surface area (TPSA) is 71.3 Å². The van der Waals surface area contributed by atoms with Crippen LogP contribution < -0.4 is 4.90 Å². The number of piperazine rings is 1. The highest BCUT2D eigenvalue weighted by Crippen LogP contribution is 2.32. The number of rotatable bonds is 5. The molecule has 2 heterocycles. The summed E-state index contributed by atoms with van der Waals surface area (Å²) >= 11 is 0. The van der Waals surface area contributed by atoms with Crippen LogP contribution in [-0.2, 0) is 28.9 Å². The quantitative estimate of drug-likeness (QED) is 0.446. The predicted molar refractivity (Wildman–Crippen MR) is 105 cm³/mol. The van der Waals surface area contributed by atoms with Gasteiger partial charge in [0, 0.05) is 18.8 Å². The number of anilines is 1. The minimum atomic E-state index is -4.49. The second kappa shape index (κ2) is 8.40. The van der Waals surface area contributed by atoms with Crippen molar-refractivity contribution < 1.29 is 27.2 Å². The summed E-state index contributed by atoms with van der Waals surface area (Å²) in [5, 5.41) is 7.76. The van der Waals surface area contributed by atoms with Gasteiger partial charge in [-0.1, -0.05) is 23.4 Å². The molecule has 1 aromatic heterocycles. The average molecular weight is 447 g/mol. The maximum Gasteiger partial charge on any atom is 0.416 e. The fourth-order valence-electron chi connectivity index (χ4n) is 3.49. The minimum Gasteiger partial charge on any atom is -0.327 e. The van der Waals surface area contributed by atoms with Crippen molar-refractivity contribution in [1.29, 1.82) is 0 Å². The zero-order valence-corrected chi connectivity index (χ0v) is 16.6. The summed E-state index contributed by atoms with van der Waals surface area (Å²) in [6.45, 7) is 0.270. The lowest BCUT2D eigenvalue weighted by molar-refractivity contribution is -0.146. The van der Waals surface area contributed by atoms with Crippen molar-refractivity contribution in [3.05, 3.63) is 77.4 Å². The Bertz CT molecular complexity index is 1140. The van der Waals surface area contributed by atoms with Crippen LogP contribution in [0.1, 0.15) is 16.8 Å². The predicted octanol–water partition coefficient (Wildman–Crippen LogP) is 2.86. The largest absolute Gasteiger partial charge is 0.416 e. The lowest BCUT2D eigenvalue weighted by Crippen LogP contribution is -2.54. The van der Waals surface area contributed by atoms with Crippen molar-refractivity contribution in [2.24, 2.45) is 0 Å². The summed E-state index contributed by atoms with van der Waals surface area (Å²) in [6, 6.07) is 10.4. The van der Waals surface area contributed by atoms with Gasteiger partial charge in [-0.05, 0) is 35.9 Å². The van der Waals surface area contributed by atoms with Crippen LogP contribution in [0.5, 0.6) is 0 Å². The Kier molecular flexibility index (Phi) is 5.64. The second-order valence-electron chi connectivity index (χ2n) is 7.22. The van der Waals surface area contributed by atoms with Crippen molar-refractivity contribution in [1.82, 2.24) is 19.9 Å². The van der Waals surface area contributed by atoms with E-state index in [0.29, 0.717) is 11.4 Å². The number of nitrogens with zero attached hydrogens (tertiary/aromatic N) is 5. The van der Waals surface area contributed by atoms with Gasteiger partial charge in [-0.3, -0.25) is 9.59 Å². The van der Waals surface area contributed by atoms with Gasteiger partial charge in [0.05, 0.1) is 24.8 Å². The maximum atomic E-state index is 13.2. The Labute approximate surface area is 179 Å². The molecular weight excluding hydrogens is 430 g/mol. The standard InChI is InChI=1S/C21H17F4N5O2/c22-15-5-7-17(8-6-15)30-10-9-28(19(31)20(30)32)12-16-13-29(27-26-16)11-14-3-1-2-4-18(14)21(23,24)25/h1-8,13H,9-12H2. The molecule has 11 heteroatoms. The van der Waals surface area contributed by atoms with Crippen LogP contribution in [0.3, 0.4) is 0 Å². The third-order valence-corrected chi connectivity index (χ3v) is 5.04. The normalized spacial score (nSPS) is 14.9. The summed E-state index contributed by atoms with van der Waals surface area (Å²) in [4.78, 5) is 27.6. The van der Waals surface area contributed by atoms with Crippen LogP contribution in [0, 0.1) is 5.82 Å². The molecule has 4 rings (SSSR count). The average Bonchev–Trinajstić information content (AvgIpc) is 3.19. The Morgan fingerprint density at radius 1 is 0.906 bits per heavy atom. The number of alkyl halides is 3. The second-order valence-corrected chi connectivity index (χ2v) is 7.22. The van der Waals surface area contributed by atoms with E-state index in [1.165, 1.54) is 63.1 Å². The van der Waals surface area contributed by atoms with Gasteiger partial charge in [0.25, 0.3) is 0 Å². The molecular formula is C21H17F4N5O2. The molecule has 0 unspecified atom stereocenters. The van der Waals surface area contributed by atoms with Crippen molar-refractivity contribution in [2.75, 3.05) is 18.0 Å². The van der Waals surface area contributed by atoms with Crippen molar-refractivity contribution in [3.63, 3.8) is 0 Å². The Hall–Kier alpha value is -3.76. The molecule has 0 aliphatic carbocycles. The number of amides is 2. The summed E-state index contributed by atoms with van der Waals surface area (Å²) in [5.41, 5.74) is 0.0369. The van der Waals surface area contributed by atoms with E-state index in [4.69, 9.17) is 0 Å². The molecule has 1 fully saturated rings. The van der Waals surface area contributed by atoms with E-state index in [-0.39, 0.29) is 31.7 Å². The highest BCUT2D eigenvalue weighted by atomic mass is 19.4. The van der Waals surface area contributed by atoms with E-state index in [1.54, 1.807) is 0 Å². The first kappa shape index (κ1) is 21.5. The van der Waals surface area contributed by atoms with E-state index < -0.39 is 29.4 Å². The van der Waals surface area contributed by atoms with Crippen LogP contribution in [0.15, 0.2) is 54.7 Å². The number of hydrogen-bond acceptors (Lipinski definition) is 4. The molecule has 2 amide bonds. The molecule has 2 aromatic carbocycles. The van der Waals surface area contributed by atoms with Crippen molar-refractivity contribution >= 4 is 17.5 Å². The molecule has 0 bridgehead atoms. The number of carbonyl (C=O) groups is 2. The fraction of sp³-hybridized carbons (Fsp3) is 0.238. The van der Waals surface area contributed by atoms with Gasteiger partial charge in [-0.15, -0.1) is 5.10 Å². The van der Waals surface area contributed by atoms with Gasteiger partial charge in [-0.2, -0.15) is 13.2 Å². The number of benzene rings is 2. The first-order valence-electron chi connectivity index (χ1n) is 9.63. The van der Waals surface area contributed by atoms with Gasteiger partial charge in [0.15, 0.2) is 0 Å². The van der Waals surface area contributed by atoms with Gasteiger partial charge in [0.1, 0.15) is 11.5 Å². The maximum absolute atomic E-state index is 13.2. The Morgan fingerprint density at radius 3 is 2.34 bits per heavy atom. The number of hydrogen-bond donors (Lipinski definition) is 0. The third kappa shape index (κ3) is 4.46. The van der Waals surface area contributed by atoms with E-state index in [9.17, 15) is 27.2 Å². The third-order valence-electron chi connectivity index (χ3n) is 5.04. The monoisotopic (exact) mass is 447 g/mol. The molecule has 1 saturated heterocycles. The summed E-state index contributed by atoms with van der Waals surface area (Å²) < 4.78 is 53.9. The molecule has 3 aromatic rings. The number of carbonyl (C=O) groups excluding carboxylic acids is 2. The van der Waals surface area contributed by atoms with Crippen molar-refractivity contribution in [2.45, 2.75) is 19.3 Å². The van der Waals surface area contributed by atoms with Gasteiger partial charge < -0.3 is 9.80 Å². The Balaban J connectivity index is 1.43. The molecule has 7 nitrogen and oxygen atoms in total. The lowest BCUT2D eigenvalue weighted by Gasteiger charge is -2.33. The summed E-state index contributed by atoms with van der Waals surface area (Å²) in [6.07, 6.45) is -3.05. The van der Waals surface area contributed by atoms with Crippen LogP contribution in [0.4, 0.5) is 23.2 Å². The lowest BCUT2D eigenvalue weighted by atomic mass is 10.1. The highest BCUT2D eigenvalue weighted by Gasteiger charge is 2.34. The molecule has 1 aliphatic heterocycles. The molecule has 0 radical (unpaired) electrons. The van der Waals surface area contributed by atoms with Crippen LogP contribution in [0.25, 0.3) is 0 Å². The van der Waals surface area contributed by atoms with E-state index in [2.05, 4.69) is 10.3 Å². The highest BCUT2D eigenvalue weighted by molar-refractivity contribution is 6.40. The van der Waals surface area contributed by atoms with Gasteiger partial charge >= 0.3 is 18.0 Å². The van der Waals surface area contributed by atoms with E-state index in [0.717, 1.165) is 6.07 Å². The fourth-order valence-corrected chi connectivity index (χ4v) is 3.49. The molecule has 0 spiro atoms. The molecule has 32 heavy (non-hydrogen) atoms. The molecule has 0 atom stereocenters. The SMILES string of the molecule is O=C1C(=O)N(c2ccc(F)cc2)CCN1Cc1cn(Cc2ccccc2C(F)(F)F)nn1. The van der Waals surface area contributed by atoms with Crippen LogP contribution in [-0.4, -0.2) is 44.8 Å². The number of aromatic nitrogens is 3. The van der Waals surface area contributed by atoms with E-state index in [1.807, 2.05) is 0 Å². The molecule has 0 N–H and O–H groups in total. The summed E-state index contributed by atoms with van der Waals surface area (Å²) in [7, 11) is 0. The minimum absolute atomic E-state index is 0.0112. The van der Waals surface area contributed by atoms with Gasteiger partial charge in [0.2, 0.25) is 0 Å². The van der Waals surface area contributed by atoms with E-state index >= 15 is 0 Å². The Morgan fingerprint density at radius 2 is 1.62 bits per heavy atom. The zero-order valence-electron chi connectivity index (χ0n) is 16.6. The van der Waals surface area contributed by atoms with Crippen LogP contribution >= 0.6 is 0 Å². The van der Waals surface area contributed by atoms with Crippen LogP contribution in [0.2, 0.25) is 0 Å². The molecule has 0 saturated carbocycles. The smallest absolute Gasteiger partial charge is 0.327 e. The first-order chi connectivity index (χ1) is 15.2. The zero-order chi connectivity index (χ0) is 22.9. The van der Waals surface area contributed by atoms with Gasteiger partial charge in [-0.25, -0.2) is 9.07 Å². The molecule has 1 aliphatic rings.